The largest absolute Gasteiger partial charge is 0.481 e. The molecule has 0 amide bonds. The van der Waals surface area contributed by atoms with Crippen molar-refractivity contribution >= 4 is 5.97 Å². The van der Waals surface area contributed by atoms with Gasteiger partial charge in [-0.2, -0.15) is 0 Å². The van der Waals surface area contributed by atoms with Crippen LogP contribution < -0.4 is 5.32 Å². The Morgan fingerprint density at radius 1 is 1.55 bits per heavy atom. The molecule has 0 bridgehead atoms. The molecule has 0 aromatic heterocycles. The average Bonchev–Trinajstić information content (AvgIpc) is 2.67. The molecule has 62 valence electrons. The van der Waals surface area contributed by atoms with E-state index in [9.17, 15) is 4.79 Å². The zero-order valence-electron chi connectivity index (χ0n) is 6.47. The van der Waals surface area contributed by atoms with Gasteiger partial charge in [-0.3, -0.25) is 4.79 Å². The smallest absolute Gasteiger partial charge is 0.303 e. The molecule has 0 atom stereocenters. The molecule has 0 spiro atoms. The number of hydrogen-bond acceptors (Lipinski definition) is 2. The molecule has 1 aliphatic rings. The van der Waals surface area contributed by atoms with E-state index in [0.717, 1.165) is 5.70 Å². The highest BCUT2D eigenvalue weighted by atomic mass is 16.4. The first kappa shape index (κ1) is 8.11. The quantitative estimate of drug-likeness (QED) is 0.625. The van der Waals surface area contributed by atoms with Gasteiger partial charge in [-0.25, -0.2) is 0 Å². The Balaban J connectivity index is 2.04. The highest BCUT2D eigenvalue weighted by Crippen LogP contribution is 2.20. The van der Waals surface area contributed by atoms with Gasteiger partial charge in [0.1, 0.15) is 0 Å². The number of carboxylic acids is 1. The Hall–Kier alpha value is -0.990. The van der Waals surface area contributed by atoms with Crippen molar-refractivity contribution in [2.24, 2.45) is 0 Å². The predicted molar refractivity (Wildman–Crippen MR) is 42.2 cm³/mol. The van der Waals surface area contributed by atoms with Gasteiger partial charge in [0.25, 0.3) is 0 Å². The first-order valence-corrected chi connectivity index (χ1v) is 3.84. The fourth-order valence-electron chi connectivity index (χ4n) is 0.846. The minimum atomic E-state index is -0.760. The number of hydrogen-bond donors (Lipinski definition) is 2. The maximum absolute atomic E-state index is 10.1. The Morgan fingerprint density at radius 2 is 2.18 bits per heavy atom. The second kappa shape index (κ2) is 3.42. The van der Waals surface area contributed by atoms with Crippen molar-refractivity contribution in [3.63, 3.8) is 0 Å². The molecule has 3 nitrogen and oxygen atoms in total. The first-order valence-electron chi connectivity index (χ1n) is 3.84. The topological polar surface area (TPSA) is 49.3 Å². The molecule has 3 heteroatoms. The molecule has 0 aliphatic heterocycles. The van der Waals surface area contributed by atoms with E-state index in [2.05, 4.69) is 11.9 Å². The van der Waals surface area contributed by atoms with Crippen LogP contribution in [-0.4, -0.2) is 17.1 Å². The lowest BCUT2D eigenvalue weighted by Crippen LogP contribution is -2.15. The second-order valence-corrected chi connectivity index (χ2v) is 2.92. The van der Waals surface area contributed by atoms with Gasteiger partial charge in [-0.05, 0) is 19.3 Å². The van der Waals surface area contributed by atoms with Crippen molar-refractivity contribution in [3.05, 3.63) is 12.3 Å². The molecule has 0 unspecified atom stereocenters. The van der Waals surface area contributed by atoms with Crippen molar-refractivity contribution in [1.82, 2.24) is 5.32 Å². The first-order chi connectivity index (χ1) is 5.18. The van der Waals surface area contributed by atoms with E-state index in [0.29, 0.717) is 12.5 Å². The number of carbonyl (C=O) groups is 1. The molecule has 11 heavy (non-hydrogen) atoms. The molecule has 0 aromatic rings. The molecule has 1 aliphatic carbocycles. The van der Waals surface area contributed by atoms with E-state index >= 15 is 0 Å². The van der Waals surface area contributed by atoms with Crippen molar-refractivity contribution in [2.75, 3.05) is 0 Å². The van der Waals surface area contributed by atoms with Crippen LogP contribution in [0.2, 0.25) is 0 Å². The minimum Gasteiger partial charge on any atom is -0.481 e. The molecule has 0 aromatic carbocycles. The molecule has 1 rings (SSSR count). The molecule has 1 saturated carbocycles. The Kier molecular flexibility index (Phi) is 2.52. The van der Waals surface area contributed by atoms with Crippen LogP contribution in [0.25, 0.3) is 0 Å². The fourth-order valence-corrected chi connectivity index (χ4v) is 0.846. The fraction of sp³-hybridized carbons (Fsp3) is 0.625. The summed E-state index contributed by atoms with van der Waals surface area (Å²) in [5.41, 5.74) is 0.856. The van der Waals surface area contributed by atoms with E-state index in [1.165, 1.54) is 12.8 Å². The minimum absolute atomic E-state index is 0.179. The number of rotatable bonds is 5. The zero-order valence-corrected chi connectivity index (χ0v) is 6.47. The van der Waals surface area contributed by atoms with Crippen LogP contribution in [0.3, 0.4) is 0 Å². The Bertz CT molecular complexity index is 173. The number of nitrogens with one attached hydrogen (secondary N) is 1. The van der Waals surface area contributed by atoms with E-state index in [1.807, 2.05) is 0 Å². The number of allylic oxidation sites excluding steroid dienone is 1. The van der Waals surface area contributed by atoms with Crippen LogP contribution in [0.5, 0.6) is 0 Å². The number of carboxylic acid groups (broad SMARTS) is 1. The third-order valence-electron chi connectivity index (χ3n) is 1.63. The summed E-state index contributed by atoms with van der Waals surface area (Å²) < 4.78 is 0. The van der Waals surface area contributed by atoms with Gasteiger partial charge in [0, 0.05) is 11.7 Å². The van der Waals surface area contributed by atoms with Crippen LogP contribution >= 0.6 is 0 Å². The summed E-state index contributed by atoms with van der Waals surface area (Å²) in [6.45, 7) is 3.73. The van der Waals surface area contributed by atoms with Crippen molar-refractivity contribution in [1.29, 1.82) is 0 Å². The van der Waals surface area contributed by atoms with Crippen molar-refractivity contribution in [2.45, 2.75) is 31.7 Å². The zero-order chi connectivity index (χ0) is 8.27. The highest BCUT2D eigenvalue weighted by molar-refractivity contribution is 5.66. The van der Waals surface area contributed by atoms with E-state index in [4.69, 9.17) is 5.11 Å². The van der Waals surface area contributed by atoms with Gasteiger partial charge < -0.3 is 10.4 Å². The van der Waals surface area contributed by atoms with Gasteiger partial charge >= 0.3 is 5.97 Å². The average molecular weight is 155 g/mol. The Labute approximate surface area is 66.1 Å². The Morgan fingerprint density at radius 3 is 2.64 bits per heavy atom. The third kappa shape index (κ3) is 3.65. The third-order valence-corrected chi connectivity index (χ3v) is 1.63. The van der Waals surface area contributed by atoms with Crippen molar-refractivity contribution < 1.29 is 9.90 Å². The summed E-state index contributed by atoms with van der Waals surface area (Å²) in [7, 11) is 0. The maximum atomic E-state index is 10.1. The van der Waals surface area contributed by atoms with E-state index in [1.54, 1.807) is 0 Å². The summed E-state index contributed by atoms with van der Waals surface area (Å²) >= 11 is 0. The molecular weight excluding hydrogens is 142 g/mol. The molecule has 0 heterocycles. The van der Waals surface area contributed by atoms with Gasteiger partial charge in [0.2, 0.25) is 0 Å². The summed E-state index contributed by atoms with van der Waals surface area (Å²) in [6, 6.07) is 0.580. The van der Waals surface area contributed by atoms with Gasteiger partial charge in [-0.15, -0.1) is 0 Å². The SMILES string of the molecule is C=C(CCC(=O)O)NC1CC1. The molecule has 1 fully saturated rings. The van der Waals surface area contributed by atoms with Gasteiger partial charge in [0.05, 0.1) is 6.42 Å². The van der Waals surface area contributed by atoms with Crippen LogP contribution in [0.1, 0.15) is 25.7 Å². The molecular formula is C8H13NO2. The van der Waals surface area contributed by atoms with Crippen LogP contribution in [0.15, 0.2) is 12.3 Å². The summed E-state index contributed by atoms with van der Waals surface area (Å²) in [6.07, 6.45) is 3.13. The second-order valence-electron chi connectivity index (χ2n) is 2.92. The highest BCUT2D eigenvalue weighted by Gasteiger charge is 2.20. The van der Waals surface area contributed by atoms with Crippen LogP contribution in [-0.2, 0) is 4.79 Å². The summed E-state index contributed by atoms with van der Waals surface area (Å²) in [5.74, 6) is -0.760. The van der Waals surface area contributed by atoms with Gasteiger partial charge in [0.15, 0.2) is 0 Å². The monoisotopic (exact) mass is 155 g/mol. The van der Waals surface area contributed by atoms with Crippen molar-refractivity contribution in [3.8, 4) is 0 Å². The van der Waals surface area contributed by atoms with Crippen LogP contribution in [0.4, 0.5) is 0 Å². The maximum Gasteiger partial charge on any atom is 0.303 e. The summed E-state index contributed by atoms with van der Waals surface area (Å²) in [4.78, 5) is 10.1. The molecule has 2 N–H and O–H groups in total. The molecule has 0 saturated heterocycles. The van der Waals surface area contributed by atoms with Crippen LogP contribution in [0, 0.1) is 0 Å². The van der Waals surface area contributed by atoms with Gasteiger partial charge in [-0.1, -0.05) is 6.58 Å². The normalized spacial score (nSPS) is 16.0. The summed E-state index contributed by atoms with van der Waals surface area (Å²) in [5, 5.41) is 11.5. The molecule has 0 radical (unpaired) electrons. The number of aliphatic carboxylic acids is 1. The standard InChI is InChI=1S/C8H13NO2/c1-6(2-5-8(10)11)9-7-3-4-7/h7,9H,1-5H2,(H,10,11). The van der Waals surface area contributed by atoms with E-state index < -0.39 is 5.97 Å². The predicted octanol–water partition coefficient (Wildman–Crippen LogP) is 1.12. The lowest BCUT2D eigenvalue weighted by molar-refractivity contribution is -0.136. The lowest BCUT2D eigenvalue weighted by Gasteiger charge is -2.05. The van der Waals surface area contributed by atoms with E-state index in [-0.39, 0.29) is 6.42 Å². The lowest BCUT2D eigenvalue weighted by atomic mass is 10.2.